The van der Waals surface area contributed by atoms with Crippen LogP contribution in [0.15, 0.2) is 22.6 Å². The molecule has 2 aromatic rings. The van der Waals surface area contributed by atoms with Crippen molar-refractivity contribution in [3.63, 3.8) is 0 Å². The average molecular weight is 235 g/mol. The van der Waals surface area contributed by atoms with E-state index in [-0.39, 0.29) is 11.4 Å². The predicted molar refractivity (Wildman–Crippen MR) is 58.9 cm³/mol. The summed E-state index contributed by atoms with van der Waals surface area (Å²) in [5.41, 5.74) is 0.835. The summed E-state index contributed by atoms with van der Waals surface area (Å²) in [4.78, 5) is 21.5. The molecule has 0 saturated carbocycles. The minimum Gasteiger partial charge on any atom is -0.463 e. The highest BCUT2D eigenvalue weighted by Crippen LogP contribution is 2.28. The summed E-state index contributed by atoms with van der Waals surface area (Å²) in [6.45, 7) is 1.70. The molecule has 0 aliphatic rings. The second-order valence-corrected chi connectivity index (χ2v) is 3.49. The van der Waals surface area contributed by atoms with Crippen LogP contribution in [0.3, 0.4) is 0 Å². The van der Waals surface area contributed by atoms with Crippen LogP contribution < -0.4 is 0 Å². The SMILES string of the molecule is COC(=O)c1oc2cc([N+](=O)[O-])ccc2c1C. The Labute approximate surface area is 95.9 Å². The molecule has 0 unspecified atom stereocenters. The number of ether oxygens (including phenoxy) is 1. The van der Waals surface area contributed by atoms with E-state index in [4.69, 9.17) is 4.42 Å². The summed E-state index contributed by atoms with van der Waals surface area (Å²) >= 11 is 0. The van der Waals surface area contributed by atoms with Gasteiger partial charge in [0.25, 0.3) is 5.69 Å². The summed E-state index contributed by atoms with van der Waals surface area (Å²) in [5, 5.41) is 11.3. The molecule has 0 radical (unpaired) electrons. The van der Waals surface area contributed by atoms with E-state index >= 15 is 0 Å². The summed E-state index contributed by atoms with van der Waals surface area (Å²) in [6, 6.07) is 4.21. The molecule has 1 aromatic heterocycles. The van der Waals surface area contributed by atoms with Gasteiger partial charge in [-0.1, -0.05) is 0 Å². The van der Waals surface area contributed by atoms with Gasteiger partial charge in [-0.2, -0.15) is 0 Å². The van der Waals surface area contributed by atoms with E-state index in [0.717, 1.165) is 0 Å². The first-order valence-corrected chi connectivity index (χ1v) is 4.80. The summed E-state index contributed by atoms with van der Waals surface area (Å²) < 4.78 is 9.82. The third kappa shape index (κ3) is 1.73. The number of non-ortho nitro benzene ring substituents is 1. The van der Waals surface area contributed by atoms with Crippen molar-refractivity contribution in [1.82, 2.24) is 0 Å². The van der Waals surface area contributed by atoms with E-state index in [1.807, 2.05) is 0 Å². The van der Waals surface area contributed by atoms with E-state index in [1.54, 1.807) is 13.0 Å². The zero-order chi connectivity index (χ0) is 12.6. The number of esters is 1. The number of nitro benzene ring substituents is 1. The highest BCUT2D eigenvalue weighted by atomic mass is 16.6. The number of rotatable bonds is 2. The smallest absolute Gasteiger partial charge is 0.374 e. The van der Waals surface area contributed by atoms with Crippen LogP contribution in [-0.2, 0) is 4.74 Å². The van der Waals surface area contributed by atoms with Crippen LogP contribution in [0.25, 0.3) is 11.0 Å². The third-order valence-electron chi connectivity index (χ3n) is 2.50. The van der Waals surface area contributed by atoms with Gasteiger partial charge in [-0.15, -0.1) is 0 Å². The number of fused-ring (bicyclic) bond motifs is 1. The maximum atomic E-state index is 11.4. The Balaban J connectivity index is 2.65. The number of nitrogens with zero attached hydrogens (tertiary/aromatic N) is 1. The highest BCUT2D eigenvalue weighted by molar-refractivity contribution is 5.96. The number of hydrogen-bond acceptors (Lipinski definition) is 5. The Morgan fingerprint density at radius 1 is 1.47 bits per heavy atom. The van der Waals surface area contributed by atoms with E-state index in [0.29, 0.717) is 16.5 Å². The quantitative estimate of drug-likeness (QED) is 0.453. The Morgan fingerprint density at radius 2 is 2.18 bits per heavy atom. The van der Waals surface area contributed by atoms with Crippen molar-refractivity contribution in [3.05, 3.63) is 39.6 Å². The van der Waals surface area contributed by atoms with Gasteiger partial charge in [-0.25, -0.2) is 4.79 Å². The fourth-order valence-electron chi connectivity index (χ4n) is 1.62. The molecule has 0 atom stereocenters. The van der Waals surface area contributed by atoms with Gasteiger partial charge in [0.2, 0.25) is 5.76 Å². The molecule has 0 bridgehead atoms. The lowest BCUT2D eigenvalue weighted by atomic mass is 10.1. The van der Waals surface area contributed by atoms with Crippen molar-refractivity contribution in [2.24, 2.45) is 0 Å². The number of nitro groups is 1. The molecular weight excluding hydrogens is 226 g/mol. The van der Waals surface area contributed by atoms with Gasteiger partial charge in [0.1, 0.15) is 5.58 Å². The Kier molecular flexibility index (Phi) is 2.55. The Hall–Kier alpha value is -2.37. The molecule has 88 valence electrons. The van der Waals surface area contributed by atoms with Gasteiger partial charge >= 0.3 is 5.97 Å². The average Bonchev–Trinajstić information content (AvgIpc) is 2.65. The fourth-order valence-corrected chi connectivity index (χ4v) is 1.62. The molecule has 0 amide bonds. The largest absolute Gasteiger partial charge is 0.463 e. The second kappa shape index (κ2) is 3.89. The van der Waals surface area contributed by atoms with Gasteiger partial charge in [0.15, 0.2) is 0 Å². The zero-order valence-corrected chi connectivity index (χ0v) is 9.22. The van der Waals surface area contributed by atoms with Crippen LogP contribution in [0.1, 0.15) is 16.1 Å². The molecule has 1 aromatic carbocycles. The van der Waals surface area contributed by atoms with Crippen molar-refractivity contribution >= 4 is 22.6 Å². The maximum Gasteiger partial charge on any atom is 0.374 e. The van der Waals surface area contributed by atoms with E-state index in [1.165, 1.54) is 19.2 Å². The minimum absolute atomic E-state index is 0.0722. The van der Waals surface area contributed by atoms with E-state index in [9.17, 15) is 14.9 Å². The minimum atomic E-state index is -0.596. The lowest BCUT2D eigenvalue weighted by Gasteiger charge is -1.93. The molecule has 6 nitrogen and oxygen atoms in total. The molecule has 2 rings (SSSR count). The van der Waals surface area contributed by atoms with Crippen molar-refractivity contribution in [2.75, 3.05) is 7.11 Å². The van der Waals surface area contributed by atoms with Gasteiger partial charge in [-0.3, -0.25) is 10.1 Å². The fraction of sp³-hybridized carbons (Fsp3) is 0.182. The molecule has 0 N–H and O–H groups in total. The van der Waals surface area contributed by atoms with Crippen LogP contribution in [0, 0.1) is 17.0 Å². The molecule has 0 fully saturated rings. The number of aryl methyl sites for hydroxylation is 1. The zero-order valence-electron chi connectivity index (χ0n) is 9.22. The van der Waals surface area contributed by atoms with Crippen molar-refractivity contribution in [3.8, 4) is 0 Å². The van der Waals surface area contributed by atoms with Crippen molar-refractivity contribution in [1.29, 1.82) is 0 Å². The maximum absolute atomic E-state index is 11.4. The second-order valence-electron chi connectivity index (χ2n) is 3.49. The standard InChI is InChI=1S/C11H9NO5/c1-6-8-4-3-7(12(14)15)5-9(8)17-10(6)11(13)16-2/h3-5H,1-2H3. The normalized spacial score (nSPS) is 10.5. The molecule has 1 heterocycles. The number of carbonyl (C=O) groups excluding carboxylic acids is 1. The molecule has 0 spiro atoms. The molecule has 17 heavy (non-hydrogen) atoms. The number of furan rings is 1. The molecule has 0 aliphatic heterocycles. The predicted octanol–water partition coefficient (Wildman–Crippen LogP) is 2.44. The molecular formula is C11H9NO5. The van der Waals surface area contributed by atoms with E-state index in [2.05, 4.69) is 4.74 Å². The topological polar surface area (TPSA) is 82.6 Å². The Bertz CT molecular complexity index is 614. The monoisotopic (exact) mass is 235 g/mol. The van der Waals surface area contributed by atoms with Crippen LogP contribution in [0.2, 0.25) is 0 Å². The Morgan fingerprint density at radius 3 is 2.76 bits per heavy atom. The highest BCUT2D eigenvalue weighted by Gasteiger charge is 2.19. The van der Waals surface area contributed by atoms with Crippen LogP contribution in [-0.4, -0.2) is 18.0 Å². The lowest BCUT2D eigenvalue weighted by molar-refractivity contribution is -0.384. The van der Waals surface area contributed by atoms with Gasteiger partial charge in [0, 0.05) is 17.0 Å². The van der Waals surface area contributed by atoms with Gasteiger partial charge < -0.3 is 9.15 Å². The molecule has 6 heteroatoms. The number of methoxy groups -OCH3 is 1. The first kappa shape index (κ1) is 11.1. The van der Waals surface area contributed by atoms with Crippen molar-refractivity contribution < 1.29 is 18.9 Å². The summed E-state index contributed by atoms with van der Waals surface area (Å²) in [5.74, 6) is -0.524. The number of carbonyl (C=O) groups is 1. The van der Waals surface area contributed by atoms with Gasteiger partial charge in [0.05, 0.1) is 18.1 Å². The molecule has 0 aliphatic carbocycles. The summed E-state index contributed by atoms with van der Waals surface area (Å²) in [7, 11) is 1.25. The third-order valence-corrected chi connectivity index (χ3v) is 2.50. The van der Waals surface area contributed by atoms with Crippen LogP contribution in [0.4, 0.5) is 5.69 Å². The van der Waals surface area contributed by atoms with Crippen LogP contribution in [0.5, 0.6) is 0 Å². The molecule has 0 saturated heterocycles. The summed E-state index contributed by atoms with van der Waals surface area (Å²) in [6.07, 6.45) is 0. The first-order chi connectivity index (χ1) is 8.04. The number of hydrogen-bond donors (Lipinski definition) is 0. The first-order valence-electron chi connectivity index (χ1n) is 4.80. The van der Waals surface area contributed by atoms with E-state index < -0.39 is 10.9 Å². The number of benzene rings is 1. The lowest BCUT2D eigenvalue weighted by Crippen LogP contribution is -2.00. The van der Waals surface area contributed by atoms with Crippen LogP contribution >= 0.6 is 0 Å². The van der Waals surface area contributed by atoms with Gasteiger partial charge in [-0.05, 0) is 13.0 Å². The van der Waals surface area contributed by atoms with Crippen molar-refractivity contribution in [2.45, 2.75) is 6.92 Å².